The Balaban J connectivity index is 2.92. The van der Waals surface area contributed by atoms with E-state index >= 15 is 0 Å². The first-order valence-electron chi connectivity index (χ1n) is 7.90. The van der Waals surface area contributed by atoms with Crippen molar-refractivity contribution in [2.75, 3.05) is 31.2 Å². The first kappa shape index (κ1) is 18.0. The van der Waals surface area contributed by atoms with E-state index in [2.05, 4.69) is 49.9 Å². The maximum atomic E-state index is 5.50. The fourth-order valence-electron chi connectivity index (χ4n) is 2.38. The van der Waals surface area contributed by atoms with E-state index in [4.69, 9.17) is 4.74 Å². The predicted molar refractivity (Wildman–Crippen MR) is 88.9 cm³/mol. The molecule has 1 aromatic heterocycles. The van der Waals surface area contributed by atoms with Crippen molar-refractivity contribution >= 4 is 5.82 Å². The van der Waals surface area contributed by atoms with Gasteiger partial charge in [-0.25, -0.2) is 0 Å². The van der Waals surface area contributed by atoms with Crippen molar-refractivity contribution in [3.63, 3.8) is 0 Å². The minimum atomic E-state index is 0.0991. The summed E-state index contributed by atoms with van der Waals surface area (Å²) in [7, 11) is 2.02. The Morgan fingerprint density at radius 1 is 1.29 bits per heavy atom. The van der Waals surface area contributed by atoms with Crippen LogP contribution < -0.4 is 10.2 Å². The molecule has 122 valence electrons. The fourth-order valence-corrected chi connectivity index (χ4v) is 2.38. The number of anilines is 1. The molecule has 0 spiro atoms. The van der Waals surface area contributed by atoms with Crippen molar-refractivity contribution in [2.24, 2.45) is 7.05 Å². The SMILES string of the molecule is CCOCCN(CC)c1c(CNC(C)(C)C)c(C)nn1C. The predicted octanol–water partition coefficient (Wildman–Crippen LogP) is 2.48. The highest BCUT2D eigenvalue weighted by atomic mass is 16.5. The molecule has 0 bridgehead atoms. The van der Waals surface area contributed by atoms with Gasteiger partial charge in [0.05, 0.1) is 12.3 Å². The van der Waals surface area contributed by atoms with Crippen molar-refractivity contribution in [2.45, 2.75) is 53.6 Å². The number of hydrogen-bond donors (Lipinski definition) is 1. The number of likely N-dealkylation sites (N-methyl/N-ethyl adjacent to an activating group) is 1. The highest BCUT2D eigenvalue weighted by Crippen LogP contribution is 2.23. The number of nitrogens with one attached hydrogen (secondary N) is 1. The average Bonchev–Trinajstić information content (AvgIpc) is 2.66. The number of aryl methyl sites for hydroxylation is 2. The summed E-state index contributed by atoms with van der Waals surface area (Å²) < 4.78 is 7.49. The average molecular weight is 296 g/mol. The fraction of sp³-hybridized carbons (Fsp3) is 0.812. The highest BCUT2D eigenvalue weighted by molar-refractivity contribution is 5.50. The third kappa shape index (κ3) is 5.32. The van der Waals surface area contributed by atoms with Gasteiger partial charge in [-0.2, -0.15) is 5.10 Å². The zero-order valence-electron chi connectivity index (χ0n) is 14.8. The molecule has 1 rings (SSSR count). The Hall–Kier alpha value is -1.07. The van der Waals surface area contributed by atoms with Crippen LogP contribution in [0.5, 0.6) is 0 Å². The van der Waals surface area contributed by atoms with Crippen LogP contribution >= 0.6 is 0 Å². The molecule has 5 nitrogen and oxygen atoms in total. The molecule has 1 N–H and O–H groups in total. The topological polar surface area (TPSA) is 42.3 Å². The largest absolute Gasteiger partial charge is 0.380 e. The molecule has 5 heteroatoms. The molecule has 0 aromatic carbocycles. The van der Waals surface area contributed by atoms with E-state index in [0.29, 0.717) is 0 Å². The first-order chi connectivity index (χ1) is 9.80. The smallest absolute Gasteiger partial charge is 0.131 e. The minimum Gasteiger partial charge on any atom is -0.380 e. The first-order valence-corrected chi connectivity index (χ1v) is 7.90. The normalized spacial score (nSPS) is 12.0. The van der Waals surface area contributed by atoms with Crippen molar-refractivity contribution in [3.8, 4) is 0 Å². The van der Waals surface area contributed by atoms with Gasteiger partial charge in [0.15, 0.2) is 0 Å². The monoisotopic (exact) mass is 296 g/mol. The third-order valence-corrected chi connectivity index (χ3v) is 3.50. The summed E-state index contributed by atoms with van der Waals surface area (Å²) in [6.07, 6.45) is 0. The van der Waals surface area contributed by atoms with Crippen LogP contribution in [0.3, 0.4) is 0 Å². The summed E-state index contributed by atoms with van der Waals surface area (Å²) in [6, 6.07) is 0. The standard InChI is InChI=1S/C16H32N4O/c1-8-20(10-11-21-9-2)15-14(12-17-16(4,5)6)13(3)18-19(15)7/h17H,8-12H2,1-7H3. The van der Waals surface area contributed by atoms with Gasteiger partial charge in [-0.1, -0.05) is 0 Å². The molecule has 0 atom stereocenters. The van der Waals surface area contributed by atoms with Gasteiger partial charge in [-0.3, -0.25) is 4.68 Å². The molecule has 0 radical (unpaired) electrons. The lowest BCUT2D eigenvalue weighted by Crippen LogP contribution is -2.36. The van der Waals surface area contributed by atoms with Gasteiger partial charge in [0, 0.05) is 44.4 Å². The summed E-state index contributed by atoms with van der Waals surface area (Å²) >= 11 is 0. The molecule has 0 amide bonds. The van der Waals surface area contributed by atoms with Crippen LogP contribution in [0, 0.1) is 6.92 Å². The van der Waals surface area contributed by atoms with Crippen molar-refractivity contribution in [3.05, 3.63) is 11.3 Å². The Morgan fingerprint density at radius 3 is 2.48 bits per heavy atom. The Kier molecular flexibility index (Phi) is 6.68. The van der Waals surface area contributed by atoms with E-state index in [9.17, 15) is 0 Å². The molecule has 1 heterocycles. The second kappa shape index (κ2) is 7.80. The van der Waals surface area contributed by atoms with Gasteiger partial charge in [0.2, 0.25) is 0 Å². The van der Waals surface area contributed by atoms with Gasteiger partial charge < -0.3 is 15.0 Å². The van der Waals surface area contributed by atoms with E-state index < -0.39 is 0 Å². The molecular formula is C16H32N4O. The number of ether oxygens (including phenoxy) is 1. The molecule has 0 unspecified atom stereocenters. The highest BCUT2D eigenvalue weighted by Gasteiger charge is 2.20. The van der Waals surface area contributed by atoms with Crippen LogP contribution in [0.15, 0.2) is 0 Å². The summed E-state index contributed by atoms with van der Waals surface area (Å²) in [5, 5.41) is 8.17. The number of rotatable bonds is 8. The molecule has 0 fully saturated rings. The quantitative estimate of drug-likeness (QED) is 0.748. The maximum absolute atomic E-state index is 5.50. The van der Waals surface area contributed by atoms with E-state index in [-0.39, 0.29) is 5.54 Å². The van der Waals surface area contributed by atoms with Crippen molar-refractivity contribution in [1.82, 2.24) is 15.1 Å². The number of hydrogen-bond acceptors (Lipinski definition) is 4. The Bertz CT molecular complexity index is 434. The van der Waals surface area contributed by atoms with Gasteiger partial charge >= 0.3 is 0 Å². The number of nitrogens with zero attached hydrogens (tertiary/aromatic N) is 3. The number of aromatic nitrogens is 2. The molecule has 1 aromatic rings. The van der Waals surface area contributed by atoms with E-state index in [0.717, 1.165) is 38.5 Å². The molecule has 0 aliphatic carbocycles. The van der Waals surface area contributed by atoms with Crippen molar-refractivity contribution in [1.29, 1.82) is 0 Å². The van der Waals surface area contributed by atoms with E-state index in [1.54, 1.807) is 0 Å². The molecule has 21 heavy (non-hydrogen) atoms. The lowest BCUT2D eigenvalue weighted by molar-refractivity contribution is 0.153. The third-order valence-electron chi connectivity index (χ3n) is 3.50. The molecule has 0 saturated carbocycles. The van der Waals surface area contributed by atoms with E-state index in [1.165, 1.54) is 11.4 Å². The van der Waals surface area contributed by atoms with Gasteiger partial charge in [-0.05, 0) is 41.5 Å². The van der Waals surface area contributed by atoms with Crippen LogP contribution in [0.2, 0.25) is 0 Å². The van der Waals surface area contributed by atoms with E-state index in [1.807, 2.05) is 18.7 Å². The lowest BCUT2D eigenvalue weighted by atomic mass is 10.1. The Labute approximate surface area is 129 Å². The summed E-state index contributed by atoms with van der Waals surface area (Å²) in [5.74, 6) is 1.20. The molecular weight excluding hydrogens is 264 g/mol. The summed E-state index contributed by atoms with van der Waals surface area (Å²) in [4.78, 5) is 2.34. The molecule has 0 saturated heterocycles. The second-order valence-corrected chi connectivity index (χ2v) is 6.39. The van der Waals surface area contributed by atoms with Gasteiger partial charge in [0.25, 0.3) is 0 Å². The maximum Gasteiger partial charge on any atom is 0.131 e. The van der Waals surface area contributed by atoms with Crippen LogP contribution in [0.4, 0.5) is 5.82 Å². The molecule has 0 aliphatic rings. The summed E-state index contributed by atoms with van der Waals surface area (Å²) in [6.45, 7) is 17.0. The zero-order valence-corrected chi connectivity index (χ0v) is 14.8. The lowest BCUT2D eigenvalue weighted by Gasteiger charge is -2.26. The van der Waals surface area contributed by atoms with Gasteiger partial charge in [0.1, 0.15) is 5.82 Å². The Morgan fingerprint density at radius 2 is 1.95 bits per heavy atom. The van der Waals surface area contributed by atoms with Crippen molar-refractivity contribution < 1.29 is 4.74 Å². The second-order valence-electron chi connectivity index (χ2n) is 6.39. The van der Waals surface area contributed by atoms with Gasteiger partial charge in [-0.15, -0.1) is 0 Å². The minimum absolute atomic E-state index is 0.0991. The summed E-state index contributed by atoms with van der Waals surface area (Å²) in [5.41, 5.74) is 2.48. The van der Waals surface area contributed by atoms with Crippen LogP contribution in [-0.4, -0.2) is 41.6 Å². The molecule has 0 aliphatic heterocycles. The van der Waals surface area contributed by atoms with Crippen LogP contribution in [0.1, 0.15) is 45.9 Å². The van der Waals surface area contributed by atoms with Crippen LogP contribution in [-0.2, 0) is 18.3 Å². The zero-order chi connectivity index (χ0) is 16.0. The van der Waals surface area contributed by atoms with Crippen LogP contribution in [0.25, 0.3) is 0 Å².